The van der Waals surface area contributed by atoms with Gasteiger partial charge in [-0.2, -0.15) is 0 Å². The van der Waals surface area contributed by atoms with Crippen molar-refractivity contribution < 1.29 is 4.74 Å². The van der Waals surface area contributed by atoms with Gasteiger partial charge in [0.2, 0.25) is 0 Å². The average molecular weight is 401 g/mol. The van der Waals surface area contributed by atoms with Crippen LogP contribution < -0.4 is 9.64 Å². The quantitative estimate of drug-likeness (QED) is 0.728. The van der Waals surface area contributed by atoms with Crippen molar-refractivity contribution in [2.24, 2.45) is 0 Å². The van der Waals surface area contributed by atoms with Gasteiger partial charge in [0.05, 0.1) is 11.6 Å². The van der Waals surface area contributed by atoms with E-state index in [0.717, 1.165) is 42.9 Å². The topological polar surface area (TPSA) is 15.7 Å². The summed E-state index contributed by atoms with van der Waals surface area (Å²) in [6.45, 7) is 7.41. The monoisotopic (exact) mass is 400 g/mol. The minimum Gasteiger partial charge on any atom is -0.495 e. The second kappa shape index (κ2) is 8.54. The summed E-state index contributed by atoms with van der Waals surface area (Å²) in [6.07, 6.45) is 4.52. The van der Waals surface area contributed by atoms with Crippen LogP contribution in [0.4, 0.5) is 5.69 Å². The molecule has 0 atom stereocenters. The average Bonchev–Trinajstić information content (AvgIpc) is 2.64. The number of piperazine rings is 1. The number of anilines is 1. The normalized spacial score (nSPS) is 15.7. The minimum absolute atomic E-state index is 0.890. The molecule has 0 amide bonds. The standard InChI is InChI=1S/C21H25BrN2O/c1-17-6-3-4-7-18(17)8-5-11-23-12-14-24(15-13-23)19-9-10-20(22)21(16-19)25-2/h3-10,16H,11-15H2,1-2H3/b8-5+. The zero-order chi connectivity index (χ0) is 17.6. The third kappa shape index (κ3) is 4.65. The van der Waals surface area contributed by atoms with Gasteiger partial charge in [-0.1, -0.05) is 36.4 Å². The van der Waals surface area contributed by atoms with Gasteiger partial charge in [0.25, 0.3) is 0 Å². The zero-order valence-corrected chi connectivity index (χ0v) is 16.5. The molecule has 0 N–H and O–H groups in total. The second-order valence-corrected chi connectivity index (χ2v) is 7.22. The number of halogens is 1. The fourth-order valence-corrected chi connectivity index (χ4v) is 3.54. The lowest BCUT2D eigenvalue weighted by Crippen LogP contribution is -2.46. The van der Waals surface area contributed by atoms with Gasteiger partial charge < -0.3 is 9.64 Å². The van der Waals surface area contributed by atoms with E-state index >= 15 is 0 Å². The molecule has 1 aliphatic heterocycles. The zero-order valence-electron chi connectivity index (χ0n) is 14.9. The fourth-order valence-electron chi connectivity index (χ4n) is 3.14. The molecule has 132 valence electrons. The predicted octanol–water partition coefficient (Wildman–Crippen LogP) is 4.60. The molecule has 1 fully saturated rings. The van der Waals surface area contributed by atoms with Gasteiger partial charge in [-0.15, -0.1) is 0 Å². The lowest BCUT2D eigenvalue weighted by molar-refractivity contribution is 0.284. The third-order valence-electron chi connectivity index (χ3n) is 4.72. The number of methoxy groups -OCH3 is 1. The molecule has 3 rings (SSSR count). The Balaban J connectivity index is 1.53. The van der Waals surface area contributed by atoms with Crippen LogP contribution >= 0.6 is 15.9 Å². The van der Waals surface area contributed by atoms with Crippen molar-refractivity contribution in [1.82, 2.24) is 4.90 Å². The van der Waals surface area contributed by atoms with Crippen molar-refractivity contribution in [3.8, 4) is 5.75 Å². The Morgan fingerprint density at radius 1 is 1.08 bits per heavy atom. The number of rotatable bonds is 5. The SMILES string of the molecule is COc1cc(N2CCN(C/C=C/c3ccccc3C)CC2)ccc1Br. The third-order valence-corrected chi connectivity index (χ3v) is 5.38. The van der Waals surface area contributed by atoms with E-state index in [0.29, 0.717) is 0 Å². The van der Waals surface area contributed by atoms with Crippen molar-refractivity contribution in [2.75, 3.05) is 44.7 Å². The van der Waals surface area contributed by atoms with Gasteiger partial charge in [-0.05, 0) is 46.1 Å². The first-order chi connectivity index (χ1) is 12.2. The largest absolute Gasteiger partial charge is 0.495 e. The lowest BCUT2D eigenvalue weighted by Gasteiger charge is -2.35. The van der Waals surface area contributed by atoms with Gasteiger partial charge in [0, 0.05) is 44.5 Å². The first-order valence-corrected chi connectivity index (χ1v) is 9.49. The van der Waals surface area contributed by atoms with Crippen LogP contribution in [0.3, 0.4) is 0 Å². The highest BCUT2D eigenvalue weighted by Crippen LogP contribution is 2.30. The molecule has 0 bridgehead atoms. The summed E-state index contributed by atoms with van der Waals surface area (Å²) in [6, 6.07) is 14.8. The van der Waals surface area contributed by atoms with Crippen molar-refractivity contribution in [2.45, 2.75) is 6.92 Å². The molecule has 2 aromatic rings. The van der Waals surface area contributed by atoms with E-state index in [2.05, 4.69) is 87.3 Å². The summed E-state index contributed by atoms with van der Waals surface area (Å²) in [7, 11) is 1.71. The van der Waals surface area contributed by atoms with E-state index in [9.17, 15) is 0 Å². The van der Waals surface area contributed by atoms with Crippen molar-refractivity contribution in [1.29, 1.82) is 0 Å². The van der Waals surface area contributed by atoms with Crippen LogP contribution in [-0.4, -0.2) is 44.7 Å². The van der Waals surface area contributed by atoms with Crippen LogP contribution in [0.1, 0.15) is 11.1 Å². The second-order valence-electron chi connectivity index (χ2n) is 6.37. The summed E-state index contributed by atoms with van der Waals surface area (Å²) in [5.74, 6) is 0.890. The number of hydrogen-bond acceptors (Lipinski definition) is 3. The number of hydrogen-bond donors (Lipinski definition) is 0. The molecule has 1 aliphatic rings. The maximum Gasteiger partial charge on any atom is 0.135 e. The molecule has 3 nitrogen and oxygen atoms in total. The van der Waals surface area contributed by atoms with E-state index in [1.54, 1.807) is 7.11 Å². The molecule has 0 radical (unpaired) electrons. The van der Waals surface area contributed by atoms with Crippen molar-refractivity contribution in [3.63, 3.8) is 0 Å². The molecule has 25 heavy (non-hydrogen) atoms. The number of nitrogens with zero attached hydrogens (tertiary/aromatic N) is 2. The first-order valence-electron chi connectivity index (χ1n) is 8.70. The molecule has 0 aliphatic carbocycles. The fraction of sp³-hybridized carbons (Fsp3) is 0.333. The molecule has 0 unspecified atom stereocenters. The molecule has 1 heterocycles. The molecule has 0 aromatic heterocycles. The maximum atomic E-state index is 5.41. The number of ether oxygens (including phenoxy) is 1. The Labute approximate surface area is 159 Å². The molecular weight excluding hydrogens is 376 g/mol. The number of aryl methyl sites for hydroxylation is 1. The maximum absolute atomic E-state index is 5.41. The van der Waals surface area contributed by atoms with Crippen LogP contribution in [0.5, 0.6) is 5.75 Å². The number of benzene rings is 2. The van der Waals surface area contributed by atoms with Crippen LogP contribution in [0.2, 0.25) is 0 Å². The Bertz CT molecular complexity index is 736. The highest BCUT2D eigenvalue weighted by Gasteiger charge is 2.17. The summed E-state index contributed by atoms with van der Waals surface area (Å²) in [4.78, 5) is 4.93. The van der Waals surface area contributed by atoms with E-state index < -0.39 is 0 Å². The summed E-state index contributed by atoms with van der Waals surface area (Å²) < 4.78 is 6.41. The van der Waals surface area contributed by atoms with E-state index in [4.69, 9.17) is 4.74 Å². The molecule has 2 aromatic carbocycles. The highest BCUT2D eigenvalue weighted by molar-refractivity contribution is 9.10. The first kappa shape index (κ1) is 18.0. The van der Waals surface area contributed by atoms with Crippen LogP contribution in [-0.2, 0) is 0 Å². The van der Waals surface area contributed by atoms with Gasteiger partial charge in [0.1, 0.15) is 5.75 Å². The van der Waals surface area contributed by atoms with E-state index in [-0.39, 0.29) is 0 Å². The Morgan fingerprint density at radius 2 is 1.84 bits per heavy atom. The Morgan fingerprint density at radius 3 is 2.56 bits per heavy atom. The van der Waals surface area contributed by atoms with Gasteiger partial charge >= 0.3 is 0 Å². The van der Waals surface area contributed by atoms with Gasteiger partial charge in [-0.25, -0.2) is 0 Å². The van der Waals surface area contributed by atoms with E-state index in [1.165, 1.54) is 16.8 Å². The summed E-state index contributed by atoms with van der Waals surface area (Å²) in [5.41, 5.74) is 3.87. The van der Waals surface area contributed by atoms with E-state index in [1.807, 2.05) is 0 Å². The Hall–Kier alpha value is -1.78. The minimum atomic E-state index is 0.890. The molecule has 0 saturated carbocycles. The van der Waals surface area contributed by atoms with Crippen LogP contribution in [0.15, 0.2) is 53.0 Å². The van der Waals surface area contributed by atoms with Crippen molar-refractivity contribution >= 4 is 27.7 Å². The smallest absolute Gasteiger partial charge is 0.135 e. The molecule has 4 heteroatoms. The highest BCUT2D eigenvalue weighted by atomic mass is 79.9. The van der Waals surface area contributed by atoms with Crippen LogP contribution in [0.25, 0.3) is 6.08 Å². The molecular formula is C21H25BrN2O. The van der Waals surface area contributed by atoms with Gasteiger partial charge in [0.15, 0.2) is 0 Å². The van der Waals surface area contributed by atoms with Crippen molar-refractivity contribution in [3.05, 3.63) is 64.1 Å². The summed E-state index contributed by atoms with van der Waals surface area (Å²) in [5, 5.41) is 0. The summed E-state index contributed by atoms with van der Waals surface area (Å²) >= 11 is 3.52. The van der Waals surface area contributed by atoms with Gasteiger partial charge in [-0.3, -0.25) is 4.90 Å². The lowest BCUT2D eigenvalue weighted by atomic mass is 10.1. The van der Waals surface area contributed by atoms with Crippen LogP contribution in [0, 0.1) is 6.92 Å². The molecule has 0 spiro atoms. The molecule has 1 saturated heterocycles. The Kier molecular flexibility index (Phi) is 6.16. The predicted molar refractivity (Wildman–Crippen MR) is 110 cm³/mol.